The van der Waals surface area contributed by atoms with Crippen LogP contribution in [-0.2, 0) is 6.42 Å². The second-order valence-corrected chi connectivity index (χ2v) is 5.93. The van der Waals surface area contributed by atoms with Gasteiger partial charge >= 0.3 is 5.97 Å². The molecule has 0 amide bonds. The minimum Gasteiger partial charge on any atom is -0.477 e. The van der Waals surface area contributed by atoms with Crippen molar-refractivity contribution in [2.45, 2.75) is 26.2 Å². The fraction of sp³-hybridized carbons (Fsp3) is 0.308. The summed E-state index contributed by atoms with van der Waals surface area (Å²) in [5, 5.41) is 10.3. The Balaban J connectivity index is 2.58. The van der Waals surface area contributed by atoms with Gasteiger partial charge in [0, 0.05) is 9.17 Å². The maximum Gasteiger partial charge on any atom is 0.346 e. The molecule has 0 atom stereocenters. The number of hydrogen-bond donors (Lipinski definition) is 1. The predicted octanol–water partition coefficient (Wildman–Crippen LogP) is 4.70. The minimum atomic E-state index is -0.812. The molecule has 2 aromatic rings. The number of aryl methyl sites for hydroxylation is 1. The molecule has 0 aliphatic heterocycles. The summed E-state index contributed by atoms with van der Waals surface area (Å²) in [4.78, 5) is 11.7. The summed E-state index contributed by atoms with van der Waals surface area (Å²) in [5.41, 5.74) is 0.992. The van der Waals surface area contributed by atoms with Gasteiger partial charge in [-0.05, 0) is 35.9 Å². The number of fused-ring (bicyclic) bond motifs is 1. The normalized spacial score (nSPS) is 10.9. The summed E-state index contributed by atoms with van der Waals surface area (Å²) in [6.45, 7) is 2.12. The average Bonchev–Trinajstić information content (AvgIpc) is 2.64. The van der Waals surface area contributed by atoms with Crippen molar-refractivity contribution in [2.75, 3.05) is 0 Å². The van der Waals surface area contributed by atoms with Gasteiger partial charge in [-0.2, -0.15) is 0 Å². The van der Waals surface area contributed by atoms with Gasteiger partial charge in [0.25, 0.3) is 0 Å². The summed E-state index contributed by atoms with van der Waals surface area (Å²) in [6.07, 6.45) is 2.95. The highest BCUT2D eigenvalue weighted by molar-refractivity contribution is 9.10. The Morgan fingerprint density at radius 1 is 1.47 bits per heavy atom. The van der Waals surface area contributed by atoms with Gasteiger partial charge in [0.1, 0.15) is 4.88 Å². The Hall–Kier alpha value is -0.870. The first-order valence-corrected chi connectivity index (χ1v) is 7.18. The third kappa shape index (κ3) is 2.53. The first kappa shape index (κ1) is 12.6. The highest BCUT2D eigenvalue weighted by Gasteiger charge is 2.17. The van der Waals surface area contributed by atoms with Crippen LogP contribution < -0.4 is 0 Å². The van der Waals surface area contributed by atoms with E-state index in [4.69, 9.17) is 0 Å². The molecule has 2 rings (SSSR count). The van der Waals surface area contributed by atoms with Gasteiger partial charge in [0.2, 0.25) is 0 Å². The molecule has 90 valence electrons. The molecule has 0 unspecified atom stereocenters. The van der Waals surface area contributed by atoms with Crippen molar-refractivity contribution < 1.29 is 9.90 Å². The number of benzene rings is 1. The van der Waals surface area contributed by atoms with E-state index in [0.29, 0.717) is 4.88 Å². The third-order valence-electron chi connectivity index (χ3n) is 2.73. The summed E-state index contributed by atoms with van der Waals surface area (Å²) in [5.74, 6) is -0.812. The molecule has 4 heteroatoms. The Morgan fingerprint density at radius 2 is 2.24 bits per heavy atom. The van der Waals surface area contributed by atoms with Crippen LogP contribution in [0.3, 0.4) is 0 Å². The molecule has 0 bridgehead atoms. The molecule has 0 aliphatic rings. The third-order valence-corrected chi connectivity index (χ3v) is 4.41. The van der Waals surface area contributed by atoms with E-state index >= 15 is 0 Å². The van der Waals surface area contributed by atoms with Crippen molar-refractivity contribution in [3.05, 3.63) is 33.1 Å². The summed E-state index contributed by atoms with van der Waals surface area (Å²) < 4.78 is 2.04. The van der Waals surface area contributed by atoms with Gasteiger partial charge in [-0.1, -0.05) is 35.3 Å². The van der Waals surface area contributed by atoms with Crippen LogP contribution in [-0.4, -0.2) is 11.1 Å². The maximum atomic E-state index is 11.2. The highest BCUT2D eigenvalue weighted by Crippen LogP contribution is 2.34. The van der Waals surface area contributed by atoms with Crippen LogP contribution in [0.5, 0.6) is 0 Å². The smallest absolute Gasteiger partial charge is 0.346 e. The Bertz CT molecular complexity index is 560. The number of carboxylic acid groups (broad SMARTS) is 1. The van der Waals surface area contributed by atoms with Gasteiger partial charge < -0.3 is 5.11 Å². The monoisotopic (exact) mass is 312 g/mol. The molecule has 0 saturated carbocycles. The predicted molar refractivity (Wildman–Crippen MR) is 75.1 cm³/mol. The van der Waals surface area contributed by atoms with Crippen molar-refractivity contribution in [3.63, 3.8) is 0 Å². The first-order valence-electron chi connectivity index (χ1n) is 5.57. The molecular formula is C13H13BrO2S. The van der Waals surface area contributed by atoms with E-state index in [1.807, 2.05) is 18.2 Å². The van der Waals surface area contributed by atoms with E-state index in [2.05, 4.69) is 22.9 Å². The van der Waals surface area contributed by atoms with E-state index in [0.717, 1.165) is 39.4 Å². The van der Waals surface area contributed by atoms with Gasteiger partial charge in [-0.3, -0.25) is 0 Å². The van der Waals surface area contributed by atoms with Crippen LogP contribution in [0.4, 0.5) is 0 Å². The van der Waals surface area contributed by atoms with Crippen LogP contribution in [0.1, 0.15) is 35.0 Å². The average molecular weight is 313 g/mol. The van der Waals surface area contributed by atoms with Crippen LogP contribution in [0.2, 0.25) is 0 Å². The Kier molecular flexibility index (Phi) is 3.84. The van der Waals surface area contributed by atoms with Crippen LogP contribution in [0.25, 0.3) is 10.1 Å². The second-order valence-electron chi connectivity index (χ2n) is 3.96. The number of halogens is 1. The van der Waals surface area contributed by atoms with E-state index < -0.39 is 5.97 Å². The molecule has 1 aromatic carbocycles. The SMILES string of the molecule is CCCCc1c(C(=O)O)sc2cc(Br)ccc12. The number of rotatable bonds is 4. The largest absolute Gasteiger partial charge is 0.477 e. The lowest BCUT2D eigenvalue weighted by Crippen LogP contribution is -1.97. The van der Waals surface area contributed by atoms with E-state index in [-0.39, 0.29) is 0 Å². The van der Waals surface area contributed by atoms with Gasteiger partial charge in [-0.25, -0.2) is 4.79 Å². The molecule has 1 aromatic heterocycles. The zero-order valence-electron chi connectivity index (χ0n) is 9.50. The molecule has 0 fully saturated rings. The Labute approximate surface area is 112 Å². The summed E-state index contributed by atoms with van der Waals surface area (Å²) in [7, 11) is 0. The standard InChI is InChI=1S/C13H13BrO2S/c1-2-3-4-10-9-6-5-8(14)7-11(9)17-12(10)13(15)16/h5-7H,2-4H2,1H3,(H,15,16). The van der Waals surface area contributed by atoms with Gasteiger partial charge in [0.15, 0.2) is 0 Å². The van der Waals surface area contributed by atoms with Gasteiger partial charge in [-0.15, -0.1) is 11.3 Å². The number of carboxylic acids is 1. The van der Waals surface area contributed by atoms with Crippen LogP contribution in [0.15, 0.2) is 22.7 Å². The molecule has 0 aliphatic carbocycles. The molecule has 0 spiro atoms. The number of aromatic carboxylic acids is 1. The van der Waals surface area contributed by atoms with Crippen molar-refractivity contribution in [1.82, 2.24) is 0 Å². The molecule has 0 saturated heterocycles. The molecule has 17 heavy (non-hydrogen) atoms. The van der Waals surface area contributed by atoms with E-state index in [9.17, 15) is 9.90 Å². The van der Waals surface area contributed by atoms with E-state index in [1.54, 1.807) is 0 Å². The number of unbranched alkanes of at least 4 members (excludes halogenated alkanes) is 1. The van der Waals surface area contributed by atoms with Crippen LogP contribution >= 0.6 is 27.3 Å². The van der Waals surface area contributed by atoms with Crippen molar-refractivity contribution >= 4 is 43.3 Å². The lowest BCUT2D eigenvalue weighted by molar-refractivity contribution is 0.0701. The topological polar surface area (TPSA) is 37.3 Å². The fourth-order valence-electron chi connectivity index (χ4n) is 1.90. The van der Waals surface area contributed by atoms with Crippen molar-refractivity contribution in [2.24, 2.45) is 0 Å². The molecule has 0 radical (unpaired) electrons. The molecular weight excluding hydrogens is 300 g/mol. The second kappa shape index (κ2) is 5.19. The van der Waals surface area contributed by atoms with Gasteiger partial charge in [0.05, 0.1) is 0 Å². The Morgan fingerprint density at radius 3 is 2.88 bits per heavy atom. The lowest BCUT2D eigenvalue weighted by Gasteiger charge is -2.00. The minimum absolute atomic E-state index is 0.492. The van der Waals surface area contributed by atoms with Crippen LogP contribution in [0, 0.1) is 0 Å². The highest BCUT2D eigenvalue weighted by atomic mass is 79.9. The summed E-state index contributed by atoms with van der Waals surface area (Å²) >= 11 is 4.78. The van der Waals surface area contributed by atoms with Crippen molar-refractivity contribution in [3.8, 4) is 0 Å². The molecule has 1 N–H and O–H groups in total. The van der Waals surface area contributed by atoms with E-state index in [1.165, 1.54) is 11.3 Å². The summed E-state index contributed by atoms with van der Waals surface area (Å²) in [6, 6.07) is 5.96. The number of thiophene rings is 1. The number of hydrogen-bond acceptors (Lipinski definition) is 2. The molecule has 1 heterocycles. The lowest BCUT2D eigenvalue weighted by atomic mass is 10.0. The fourth-order valence-corrected chi connectivity index (χ4v) is 3.54. The van der Waals surface area contributed by atoms with Crippen molar-refractivity contribution in [1.29, 1.82) is 0 Å². The number of carbonyl (C=O) groups is 1. The zero-order valence-corrected chi connectivity index (χ0v) is 11.9. The quantitative estimate of drug-likeness (QED) is 0.888. The zero-order chi connectivity index (χ0) is 12.4. The first-order chi connectivity index (χ1) is 8.13. The maximum absolute atomic E-state index is 11.2. The molecule has 2 nitrogen and oxygen atoms in total.